The molecule has 0 spiro atoms. The second kappa shape index (κ2) is 20.5. The smallest absolute Gasteiger partial charge is 0.338 e. The predicted molar refractivity (Wildman–Crippen MR) is 222 cm³/mol. The van der Waals surface area contributed by atoms with E-state index in [0.717, 1.165) is 22.6 Å². The van der Waals surface area contributed by atoms with Crippen molar-refractivity contribution in [2.45, 2.75) is 124 Å². The van der Waals surface area contributed by atoms with Gasteiger partial charge in [0, 0.05) is 49.7 Å². The Bertz CT molecular complexity index is 1790. The number of hydrogen-bond acceptors (Lipinski definition) is 10. The van der Waals surface area contributed by atoms with Gasteiger partial charge < -0.3 is 36.0 Å². The van der Waals surface area contributed by atoms with Crippen molar-refractivity contribution in [2.24, 2.45) is 11.3 Å². The highest BCUT2D eigenvalue weighted by atomic mass is 16.6. The molecule has 1 aliphatic rings. The number of aliphatic carboxylic acids is 1. The molecule has 5 N–H and O–H groups in total. The fourth-order valence-corrected chi connectivity index (χ4v) is 6.52. The van der Waals surface area contributed by atoms with E-state index in [1.165, 1.54) is 11.8 Å². The van der Waals surface area contributed by atoms with Gasteiger partial charge in [0.05, 0.1) is 17.6 Å². The van der Waals surface area contributed by atoms with Crippen LogP contribution in [0.5, 0.6) is 0 Å². The Labute approximate surface area is 347 Å². The summed E-state index contributed by atoms with van der Waals surface area (Å²) in [4.78, 5) is 105. The van der Waals surface area contributed by atoms with E-state index in [1.807, 2.05) is 48.5 Å². The van der Waals surface area contributed by atoms with Crippen LogP contribution in [0.15, 0.2) is 48.1 Å². The van der Waals surface area contributed by atoms with E-state index in [0.29, 0.717) is 5.56 Å². The number of hydrogen-bond donors (Lipinski definition) is 5. The van der Waals surface area contributed by atoms with Crippen LogP contribution in [-0.4, -0.2) is 119 Å². The van der Waals surface area contributed by atoms with Crippen molar-refractivity contribution in [2.75, 3.05) is 27.2 Å². The number of nitrogens with one attached hydrogen (secondary N) is 4. The first-order valence-electron chi connectivity index (χ1n) is 19.7. The Morgan fingerprint density at radius 1 is 0.881 bits per heavy atom. The van der Waals surface area contributed by atoms with Gasteiger partial charge in [0.25, 0.3) is 11.8 Å². The van der Waals surface area contributed by atoms with Gasteiger partial charge in [-0.25, -0.2) is 9.59 Å². The summed E-state index contributed by atoms with van der Waals surface area (Å²) < 4.78 is 5.48. The predicted octanol–water partition coefficient (Wildman–Crippen LogP) is 2.86. The molecule has 2 rings (SSSR count). The van der Waals surface area contributed by atoms with Crippen molar-refractivity contribution >= 4 is 47.4 Å². The Kier molecular flexibility index (Phi) is 17.3. The maximum atomic E-state index is 14.3. The summed E-state index contributed by atoms with van der Waals surface area (Å²) in [5.41, 5.74) is -0.932. The van der Waals surface area contributed by atoms with Gasteiger partial charge in [-0.2, -0.15) is 0 Å². The number of carbonyl (C=O) groups is 8. The molecule has 4 atom stereocenters. The molecule has 6 amide bonds. The number of nitrogens with zero attached hydrogens (tertiary/aromatic N) is 2. The van der Waals surface area contributed by atoms with Crippen molar-refractivity contribution in [3.05, 3.63) is 59.2 Å². The zero-order valence-corrected chi connectivity index (χ0v) is 36.8. The molecule has 59 heavy (non-hydrogen) atoms. The van der Waals surface area contributed by atoms with Gasteiger partial charge in [-0.1, -0.05) is 66.7 Å². The lowest BCUT2D eigenvalue weighted by molar-refractivity contribution is -0.142. The summed E-state index contributed by atoms with van der Waals surface area (Å²) in [6.07, 6.45) is 3.35. The fourth-order valence-electron chi connectivity index (χ4n) is 6.52. The second-order valence-corrected chi connectivity index (χ2v) is 17.8. The molecule has 0 aromatic heterocycles. The largest absolute Gasteiger partial charge is 0.480 e. The van der Waals surface area contributed by atoms with Gasteiger partial charge in [-0.05, 0) is 70.2 Å². The molecule has 326 valence electrons. The van der Waals surface area contributed by atoms with E-state index in [9.17, 15) is 43.5 Å². The van der Waals surface area contributed by atoms with Crippen molar-refractivity contribution in [3.63, 3.8) is 0 Å². The van der Waals surface area contributed by atoms with Crippen molar-refractivity contribution < 1.29 is 48.2 Å². The van der Waals surface area contributed by atoms with Gasteiger partial charge in [-0.15, -0.1) is 0 Å². The van der Waals surface area contributed by atoms with Crippen LogP contribution in [-0.2, 0) is 43.7 Å². The van der Waals surface area contributed by atoms with Crippen molar-refractivity contribution in [1.29, 1.82) is 0 Å². The van der Waals surface area contributed by atoms with E-state index in [-0.39, 0.29) is 37.4 Å². The molecule has 0 aliphatic carbocycles. The molecule has 1 heterocycles. The van der Waals surface area contributed by atoms with Gasteiger partial charge in [0.15, 0.2) is 0 Å². The topological polar surface area (TPSA) is 221 Å². The molecule has 0 saturated heterocycles. The van der Waals surface area contributed by atoms with Gasteiger partial charge in [0.2, 0.25) is 23.6 Å². The number of likely N-dealkylation sites (N-methyl/N-ethyl adjacent to an activating group) is 2. The summed E-state index contributed by atoms with van der Waals surface area (Å²) in [6, 6.07) is 3.00. The second-order valence-electron chi connectivity index (χ2n) is 17.8. The monoisotopic (exact) mass is 824 g/mol. The van der Waals surface area contributed by atoms with E-state index in [1.54, 1.807) is 65.2 Å². The quantitative estimate of drug-likeness (QED) is 0.0776. The molecule has 0 saturated carbocycles. The highest BCUT2D eigenvalue weighted by Crippen LogP contribution is 2.30. The summed E-state index contributed by atoms with van der Waals surface area (Å²) in [6.45, 7) is 19.8. The third-order valence-corrected chi connectivity index (χ3v) is 10.0. The van der Waals surface area contributed by atoms with Crippen LogP contribution in [0, 0.1) is 11.3 Å². The molecule has 0 bridgehead atoms. The zero-order chi connectivity index (χ0) is 45.2. The number of imide groups is 1. The first-order chi connectivity index (χ1) is 27.1. The van der Waals surface area contributed by atoms with Crippen LogP contribution in [0.1, 0.15) is 105 Å². The molecule has 0 fully saturated rings. The van der Waals surface area contributed by atoms with Crippen LogP contribution in [0.4, 0.5) is 0 Å². The molecule has 0 radical (unpaired) electrons. The number of carboxylic acid groups (broad SMARTS) is 1. The normalized spacial score (nSPS) is 15.6. The summed E-state index contributed by atoms with van der Waals surface area (Å²) in [5, 5.41) is 20.9. The van der Waals surface area contributed by atoms with Crippen molar-refractivity contribution in [1.82, 2.24) is 31.1 Å². The first kappa shape index (κ1) is 49.8. The third-order valence-electron chi connectivity index (χ3n) is 10.0. The lowest BCUT2D eigenvalue weighted by Gasteiger charge is -2.40. The number of amides is 6. The maximum Gasteiger partial charge on any atom is 0.338 e. The lowest BCUT2D eigenvalue weighted by Crippen LogP contribution is -2.61. The Hall–Kier alpha value is -5.38. The minimum Gasteiger partial charge on any atom is -0.480 e. The van der Waals surface area contributed by atoms with Crippen LogP contribution in [0.2, 0.25) is 0 Å². The zero-order valence-electron chi connectivity index (χ0n) is 36.8. The highest BCUT2D eigenvalue weighted by molar-refractivity contribution is 6.12. The van der Waals surface area contributed by atoms with E-state index in [4.69, 9.17) is 4.74 Å². The summed E-state index contributed by atoms with van der Waals surface area (Å²) >= 11 is 0. The maximum absolute atomic E-state index is 14.3. The standard InChI is InChI=1S/C43H64N6O10/c1-25(2)30(24-26(3)36(53)46-29(39(56)57)18-19-31(50)45-22-23-49-32(51)20-21-33(49)52)48(13)38(55)35(41(4,5)6)47-37(54)34(44-12)43(10,11)28-16-14-27(15-17-28)40(58)59-42(7,8)9/h14-17,20-21,24-25,29-30,34-35,44H,18-19,22-23H2,1-13H3,(H,45,50)(H,46,53)(H,47,54)(H,56,57)/b26-24+/t29-,30-,34-,35-/m1/s1. The molecule has 1 aliphatic heterocycles. The molecule has 0 unspecified atom stereocenters. The third kappa shape index (κ3) is 14.1. The number of benzene rings is 1. The average molecular weight is 825 g/mol. The number of carbonyl (C=O) groups excluding carboxylic acids is 7. The minimum absolute atomic E-state index is 0.0202. The SMILES string of the molecule is CN[C@H](C(=O)N[C@H](C(=O)N(C)[C@H](/C=C(\C)C(=O)N[C@H](CCC(=O)NCCN1C(=O)C=CC1=O)C(=O)O)C(C)C)C(C)(C)C)C(C)(C)c1ccc(C(=O)OC(C)(C)C)cc1. The van der Waals surface area contributed by atoms with Gasteiger partial charge in [-0.3, -0.25) is 33.7 Å². The molecule has 16 nitrogen and oxygen atoms in total. The number of rotatable bonds is 19. The Morgan fingerprint density at radius 3 is 1.92 bits per heavy atom. The molecule has 1 aromatic carbocycles. The summed E-state index contributed by atoms with van der Waals surface area (Å²) in [7, 11) is 3.23. The minimum atomic E-state index is -1.41. The Morgan fingerprint density at radius 2 is 1.44 bits per heavy atom. The highest BCUT2D eigenvalue weighted by Gasteiger charge is 2.42. The molecule has 16 heteroatoms. The average Bonchev–Trinajstić information content (AvgIpc) is 3.44. The molecular formula is C43H64N6O10. The fraction of sp³-hybridized carbons (Fsp3) is 0.581. The van der Waals surface area contributed by atoms with Crippen LogP contribution >= 0.6 is 0 Å². The molecular weight excluding hydrogens is 761 g/mol. The van der Waals surface area contributed by atoms with Gasteiger partial charge in [0.1, 0.15) is 17.7 Å². The number of esters is 1. The van der Waals surface area contributed by atoms with Crippen LogP contribution < -0.4 is 21.3 Å². The number of ether oxygens (including phenoxy) is 1. The number of carboxylic acids is 1. The molecule has 1 aromatic rings. The van der Waals surface area contributed by atoms with E-state index >= 15 is 0 Å². The Balaban J connectivity index is 2.19. The van der Waals surface area contributed by atoms with Crippen LogP contribution in [0.3, 0.4) is 0 Å². The van der Waals surface area contributed by atoms with Gasteiger partial charge >= 0.3 is 11.9 Å². The van der Waals surface area contributed by atoms with E-state index in [2.05, 4.69) is 21.3 Å². The lowest BCUT2D eigenvalue weighted by atomic mass is 9.76. The summed E-state index contributed by atoms with van der Waals surface area (Å²) in [5.74, 6) is -5.07. The first-order valence-corrected chi connectivity index (χ1v) is 19.7. The van der Waals surface area contributed by atoms with Crippen LogP contribution in [0.25, 0.3) is 0 Å². The van der Waals surface area contributed by atoms with Crippen molar-refractivity contribution in [3.8, 4) is 0 Å². The van der Waals surface area contributed by atoms with E-state index < -0.39 is 88.0 Å².